The molecule has 1 saturated heterocycles. The number of β-amino-alcohol motifs (C(OH)–C–C–N with tert-alkyl or cyclic N) is 1. The lowest BCUT2D eigenvalue weighted by Gasteiger charge is -2.23. The van der Waals surface area contributed by atoms with Crippen LogP contribution in [0.25, 0.3) is 0 Å². The highest BCUT2D eigenvalue weighted by atomic mass is 19.1. The molecule has 5 heteroatoms. The molecule has 4 nitrogen and oxygen atoms in total. The van der Waals surface area contributed by atoms with Crippen LogP contribution in [-0.2, 0) is 13.6 Å². The summed E-state index contributed by atoms with van der Waals surface area (Å²) in [5, 5.41) is 14.1. The van der Waals surface area contributed by atoms with Gasteiger partial charge in [-0.25, -0.2) is 4.39 Å². The number of halogens is 1. The molecule has 0 unspecified atom stereocenters. The average molecular weight is 275 g/mol. The molecule has 20 heavy (non-hydrogen) atoms. The summed E-state index contributed by atoms with van der Waals surface area (Å²) in [7, 11) is 1.88. The minimum absolute atomic E-state index is 0.0564. The molecule has 3 rings (SSSR count). The first kappa shape index (κ1) is 13.3. The summed E-state index contributed by atoms with van der Waals surface area (Å²) in [4.78, 5) is 2.18. The monoisotopic (exact) mass is 275 g/mol. The van der Waals surface area contributed by atoms with E-state index in [4.69, 9.17) is 0 Å². The van der Waals surface area contributed by atoms with E-state index in [1.165, 1.54) is 6.07 Å². The van der Waals surface area contributed by atoms with Gasteiger partial charge in [-0.3, -0.25) is 9.58 Å². The number of aromatic nitrogens is 2. The Kier molecular flexibility index (Phi) is 3.54. The molecule has 106 valence electrons. The van der Waals surface area contributed by atoms with Crippen LogP contribution in [0.5, 0.6) is 0 Å². The van der Waals surface area contributed by atoms with E-state index in [1.54, 1.807) is 16.8 Å². The molecule has 2 atom stereocenters. The molecule has 0 radical (unpaired) electrons. The fourth-order valence-corrected chi connectivity index (χ4v) is 2.90. The minimum Gasteiger partial charge on any atom is -0.392 e. The number of nitrogens with zero attached hydrogens (tertiary/aromatic N) is 3. The van der Waals surface area contributed by atoms with E-state index >= 15 is 0 Å². The molecular weight excluding hydrogens is 257 g/mol. The van der Waals surface area contributed by atoms with Gasteiger partial charge >= 0.3 is 0 Å². The molecule has 2 aromatic rings. The van der Waals surface area contributed by atoms with E-state index in [1.807, 2.05) is 25.5 Å². The summed E-state index contributed by atoms with van der Waals surface area (Å²) in [6, 6.07) is 6.69. The van der Waals surface area contributed by atoms with Crippen molar-refractivity contribution >= 4 is 0 Å². The van der Waals surface area contributed by atoms with Crippen LogP contribution in [0.1, 0.15) is 23.6 Å². The third kappa shape index (κ3) is 2.73. The van der Waals surface area contributed by atoms with Crippen molar-refractivity contribution in [1.82, 2.24) is 14.7 Å². The van der Waals surface area contributed by atoms with E-state index in [0.29, 0.717) is 19.5 Å². The number of benzene rings is 1. The SMILES string of the molecule is Cn1cc(CN2C[C@H](O)C[C@@H]2c2cccc(F)c2)cn1. The smallest absolute Gasteiger partial charge is 0.123 e. The van der Waals surface area contributed by atoms with Crippen molar-refractivity contribution in [1.29, 1.82) is 0 Å². The van der Waals surface area contributed by atoms with E-state index < -0.39 is 0 Å². The highest BCUT2D eigenvalue weighted by Gasteiger charge is 2.32. The van der Waals surface area contributed by atoms with Gasteiger partial charge in [0.2, 0.25) is 0 Å². The standard InChI is InChI=1S/C15H18FN3O/c1-18-8-11(7-17-18)9-19-10-14(20)6-15(19)12-3-2-4-13(16)5-12/h2-5,7-8,14-15,20H,6,9-10H2,1H3/t14-,15-/m1/s1. The zero-order valence-corrected chi connectivity index (χ0v) is 11.4. The van der Waals surface area contributed by atoms with Crippen molar-refractivity contribution in [3.05, 3.63) is 53.6 Å². The second-order valence-electron chi connectivity index (χ2n) is 5.41. The van der Waals surface area contributed by atoms with Crippen molar-refractivity contribution in [3.63, 3.8) is 0 Å². The lowest BCUT2D eigenvalue weighted by atomic mass is 10.0. The lowest BCUT2D eigenvalue weighted by molar-refractivity contribution is 0.172. The third-order valence-electron chi connectivity index (χ3n) is 3.76. The number of hydrogen-bond donors (Lipinski definition) is 1. The molecule has 0 aliphatic carbocycles. The maximum atomic E-state index is 13.4. The van der Waals surface area contributed by atoms with Crippen molar-refractivity contribution < 1.29 is 9.50 Å². The van der Waals surface area contributed by atoms with Gasteiger partial charge in [0.15, 0.2) is 0 Å². The van der Waals surface area contributed by atoms with Crippen LogP contribution in [0.2, 0.25) is 0 Å². The fourth-order valence-electron chi connectivity index (χ4n) is 2.90. The maximum absolute atomic E-state index is 13.4. The van der Waals surface area contributed by atoms with E-state index in [2.05, 4.69) is 10.00 Å². The molecule has 0 spiro atoms. The lowest BCUT2D eigenvalue weighted by Crippen LogP contribution is -2.24. The highest BCUT2D eigenvalue weighted by Crippen LogP contribution is 2.33. The summed E-state index contributed by atoms with van der Waals surface area (Å²) >= 11 is 0. The minimum atomic E-state index is -0.361. The summed E-state index contributed by atoms with van der Waals surface area (Å²) in [5.74, 6) is -0.231. The van der Waals surface area contributed by atoms with E-state index in [0.717, 1.165) is 11.1 Å². The highest BCUT2D eigenvalue weighted by molar-refractivity contribution is 5.22. The number of aliphatic hydroxyl groups excluding tert-OH is 1. The number of rotatable bonds is 3. The Morgan fingerprint density at radius 1 is 1.45 bits per heavy atom. The molecule has 0 bridgehead atoms. The first-order chi connectivity index (χ1) is 9.61. The maximum Gasteiger partial charge on any atom is 0.123 e. The van der Waals surface area contributed by atoms with Crippen LogP contribution in [-0.4, -0.2) is 32.4 Å². The molecule has 1 aromatic carbocycles. The van der Waals surface area contributed by atoms with Crippen LogP contribution in [0, 0.1) is 5.82 Å². The predicted molar refractivity (Wildman–Crippen MR) is 73.4 cm³/mol. The topological polar surface area (TPSA) is 41.3 Å². The Morgan fingerprint density at radius 3 is 3.00 bits per heavy atom. The molecule has 2 heterocycles. The molecule has 0 amide bonds. The Morgan fingerprint density at radius 2 is 2.30 bits per heavy atom. The van der Waals surface area contributed by atoms with Gasteiger partial charge in [0.05, 0.1) is 12.3 Å². The van der Waals surface area contributed by atoms with Gasteiger partial charge in [-0.2, -0.15) is 5.10 Å². The predicted octanol–water partition coefficient (Wildman–Crippen LogP) is 1.87. The zero-order valence-electron chi connectivity index (χ0n) is 11.4. The van der Waals surface area contributed by atoms with Crippen LogP contribution >= 0.6 is 0 Å². The fraction of sp³-hybridized carbons (Fsp3) is 0.400. The Balaban J connectivity index is 1.81. The second-order valence-corrected chi connectivity index (χ2v) is 5.41. The zero-order chi connectivity index (χ0) is 14.1. The summed E-state index contributed by atoms with van der Waals surface area (Å²) < 4.78 is 15.1. The second kappa shape index (κ2) is 5.34. The number of hydrogen-bond acceptors (Lipinski definition) is 3. The summed E-state index contributed by atoms with van der Waals surface area (Å²) in [6.07, 6.45) is 4.07. The van der Waals surface area contributed by atoms with Crippen LogP contribution in [0.15, 0.2) is 36.7 Å². The van der Waals surface area contributed by atoms with Gasteiger partial charge in [-0.1, -0.05) is 12.1 Å². The quantitative estimate of drug-likeness (QED) is 0.929. The number of aliphatic hydroxyl groups is 1. The van der Waals surface area contributed by atoms with Crippen molar-refractivity contribution in [3.8, 4) is 0 Å². The first-order valence-corrected chi connectivity index (χ1v) is 6.77. The number of likely N-dealkylation sites (tertiary alicyclic amines) is 1. The normalized spacial score (nSPS) is 23.4. The van der Waals surface area contributed by atoms with Gasteiger partial charge < -0.3 is 5.11 Å². The van der Waals surface area contributed by atoms with Gasteiger partial charge in [0, 0.05) is 37.9 Å². The van der Waals surface area contributed by atoms with E-state index in [-0.39, 0.29) is 18.0 Å². The van der Waals surface area contributed by atoms with Crippen molar-refractivity contribution in [2.75, 3.05) is 6.54 Å². The van der Waals surface area contributed by atoms with E-state index in [9.17, 15) is 9.50 Å². The average Bonchev–Trinajstić information content (AvgIpc) is 2.96. The molecule has 1 aliphatic rings. The third-order valence-corrected chi connectivity index (χ3v) is 3.76. The van der Waals surface area contributed by atoms with Gasteiger partial charge in [-0.05, 0) is 24.1 Å². The molecular formula is C15H18FN3O. The number of aryl methyl sites for hydroxylation is 1. The van der Waals surface area contributed by atoms with Crippen LogP contribution < -0.4 is 0 Å². The van der Waals surface area contributed by atoms with Crippen LogP contribution in [0.3, 0.4) is 0 Å². The molecule has 1 fully saturated rings. The van der Waals surface area contributed by atoms with Crippen molar-refractivity contribution in [2.24, 2.45) is 7.05 Å². The van der Waals surface area contributed by atoms with Gasteiger partial charge in [-0.15, -0.1) is 0 Å². The molecule has 1 aromatic heterocycles. The van der Waals surface area contributed by atoms with Gasteiger partial charge in [0.25, 0.3) is 0 Å². The Labute approximate surface area is 117 Å². The summed E-state index contributed by atoms with van der Waals surface area (Å²) in [5.41, 5.74) is 2.02. The molecule has 1 aliphatic heterocycles. The van der Waals surface area contributed by atoms with Gasteiger partial charge in [0.1, 0.15) is 5.82 Å². The summed E-state index contributed by atoms with van der Waals surface area (Å²) in [6.45, 7) is 1.32. The molecule has 0 saturated carbocycles. The Bertz CT molecular complexity index is 598. The Hall–Kier alpha value is -1.72. The molecule has 1 N–H and O–H groups in total. The first-order valence-electron chi connectivity index (χ1n) is 6.77. The largest absolute Gasteiger partial charge is 0.392 e. The van der Waals surface area contributed by atoms with Crippen LogP contribution in [0.4, 0.5) is 4.39 Å². The van der Waals surface area contributed by atoms with Crippen molar-refractivity contribution in [2.45, 2.75) is 25.1 Å².